The summed E-state index contributed by atoms with van der Waals surface area (Å²) in [7, 11) is 2.99. The molecule has 1 heterocycles. The first-order valence-electron chi connectivity index (χ1n) is 7.06. The van der Waals surface area contributed by atoms with Crippen LogP contribution in [0, 0.1) is 0 Å². The fraction of sp³-hybridized carbons (Fsp3) is 0.118. The quantitative estimate of drug-likeness (QED) is 0.784. The van der Waals surface area contributed by atoms with Gasteiger partial charge in [0.15, 0.2) is 0 Å². The molecular weight excluding hydrogens is 330 g/mol. The second-order valence-electron chi connectivity index (χ2n) is 4.88. The molecule has 2 aromatic carbocycles. The molecule has 1 aromatic heterocycles. The SMILES string of the molecule is COc1cc(NC(=O)c2ncnc3ccccc23)c(OC)cc1Cl. The molecule has 0 aliphatic rings. The summed E-state index contributed by atoms with van der Waals surface area (Å²) in [6.45, 7) is 0. The van der Waals surface area contributed by atoms with Gasteiger partial charge < -0.3 is 14.8 Å². The summed E-state index contributed by atoms with van der Waals surface area (Å²) in [6.07, 6.45) is 1.36. The third-order valence-corrected chi connectivity index (χ3v) is 3.78. The molecule has 0 aliphatic carbocycles. The lowest BCUT2D eigenvalue weighted by Crippen LogP contribution is -2.15. The maximum absolute atomic E-state index is 12.7. The van der Waals surface area contributed by atoms with E-state index in [1.165, 1.54) is 20.5 Å². The average molecular weight is 344 g/mol. The van der Waals surface area contributed by atoms with Crippen LogP contribution in [0.1, 0.15) is 10.5 Å². The first-order valence-corrected chi connectivity index (χ1v) is 7.44. The summed E-state index contributed by atoms with van der Waals surface area (Å²) in [6, 6.07) is 10.5. The Morgan fingerprint density at radius 3 is 2.58 bits per heavy atom. The van der Waals surface area contributed by atoms with Crippen LogP contribution in [0.3, 0.4) is 0 Å². The number of ether oxygens (including phenoxy) is 2. The molecule has 6 nitrogen and oxygen atoms in total. The smallest absolute Gasteiger partial charge is 0.275 e. The van der Waals surface area contributed by atoms with E-state index in [1.54, 1.807) is 18.2 Å². The summed E-state index contributed by atoms with van der Waals surface area (Å²) < 4.78 is 10.4. The number of aromatic nitrogens is 2. The number of hydrogen-bond donors (Lipinski definition) is 1. The molecule has 0 unspecified atom stereocenters. The number of amides is 1. The number of nitrogens with one attached hydrogen (secondary N) is 1. The number of para-hydroxylation sites is 1. The number of carbonyl (C=O) groups excluding carboxylic acids is 1. The number of halogens is 1. The number of methoxy groups -OCH3 is 2. The third-order valence-electron chi connectivity index (χ3n) is 3.48. The number of anilines is 1. The minimum absolute atomic E-state index is 0.275. The molecule has 0 saturated heterocycles. The van der Waals surface area contributed by atoms with E-state index in [0.717, 1.165) is 0 Å². The molecule has 0 fully saturated rings. The highest BCUT2D eigenvalue weighted by molar-refractivity contribution is 6.32. The van der Waals surface area contributed by atoms with Crippen LogP contribution in [0.5, 0.6) is 11.5 Å². The molecule has 0 saturated carbocycles. The normalized spacial score (nSPS) is 10.5. The fourth-order valence-electron chi connectivity index (χ4n) is 2.33. The Labute approximate surface area is 143 Å². The zero-order valence-electron chi connectivity index (χ0n) is 13.0. The van der Waals surface area contributed by atoms with Gasteiger partial charge in [-0.1, -0.05) is 29.8 Å². The van der Waals surface area contributed by atoms with Crippen LogP contribution in [0.25, 0.3) is 10.9 Å². The zero-order chi connectivity index (χ0) is 17.1. The van der Waals surface area contributed by atoms with Gasteiger partial charge in [0.05, 0.1) is 30.4 Å². The van der Waals surface area contributed by atoms with Crippen LogP contribution in [-0.2, 0) is 0 Å². The summed E-state index contributed by atoms with van der Waals surface area (Å²) in [4.78, 5) is 20.9. The third kappa shape index (κ3) is 2.96. The van der Waals surface area contributed by atoms with Crippen molar-refractivity contribution in [1.82, 2.24) is 9.97 Å². The highest BCUT2D eigenvalue weighted by Gasteiger charge is 2.16. The van der Waals surface area contributed by atoms with Gasteiger partial charge in [0.2, 0.25) is 0 Å². The topological polar surface area (TPSA) is 73.3 Å². The van der Waals surface area contributed by atoms with E-state index in [2.05, 4.69) is 15.3 Å². The van der Waals surface area contributed by atoms with Crippen LogP contribution in [0.4, 0.5) is 5.69 Å². The van der Waals surface area contributed by atoms with Gasteiger partial charge in [-0.15, -0.1) is 0 Å². The van der Waals surface area contributed by atoms with Crippen molar-refractivity contribution < 1.29 is 14.3 Å². The summed E-state index contributed by atoms with van der Waals surface area (Å²) in [5, 5.41) is 3.83. The van der Waals surface area contributed by atoms with Gasteiger partial charge in [0.25, 0.3) is 5.91 Å². The number of rotatable bonds is 4. The maximum Gasteiger partial charge on any atom is 0.275 e. The Morgan fingerprint density at radius 1 is 1.08 bits per heavy atom. The van der Waals surface area contributed by atoms with Crippen LogP contribution in [0.15, 0.2) is 42.7 Å². The van der Waals surface area contributed by atoms with Gasteiger partial charge in [0.1, 0.15) is 23.5 Å². The van der Waals surface area contributed by atoms with E-state index in [1.807, 2.05) is 18.2 Å². The Morgan fingerprint density at radius 2 is 1.83 bits per heavy atom. The van der Waals surface area contributed by atoms with Gasteiger partial charge >= 0.3 is 0 Å². The number of nitrogens with zero attached hydrogens (tertiary/aromatic N) is 2. The van der Waals surface area contributed by atoms with Gasteiger partial charge in [0, 0.05) is 17.5 Å². The molecule has 0 radical (unpaired) electrons. The van der Waals surface area contributed by atoms with Crippen LogP contribution in [0.2, 0.25) is 5.02 Å². The summed E-state index contributed by atoms with van der Waals surface area (Å²) in [5.41, 5.74) is 1.40. The fourth-order valence-corrected chi connectivity index (χ4v) is 2.56. The number of fused-ring (bicyclic) bond motifs is 1. The number of hydrogen-bond acceptors (Lipinski definition) is 5. The second-order valence-corrected chi connectivity index (χ2v) is 5.29. The van der Waals surface area contributed by atoms with Crippen LogP contribution >= 0.6 is 11.6 Å². The standard InChI is InChI=1S/C17H14ClN3O3/c1-23-14-8-13(15(24-2)7-11(14)18)21-17(22)16-10-5-3-4-6-12(10)19-9-20-16/h3-9H,1-2H3,(H,21,22). The van der Waals surface area contributed by atoms with Gasteiger partial charge in [-0.2, -0.15) is 0 Å². The predicted octanol–water partition coefficient (Wildman–Crippen LogP) is 3.55. The van der Waals surface area contributed by atoms with Gasteiger partial charge in [-0.05, 0) is 6.07 Å². The highest BCUT2D eigenvalue weighted by atomic mass is 35.5. The van der Waals surface area contributed by atoms with E-state index < -0.39 is 0 Å². The lowest BCUT2D eigenvalue weighted by atomic mass is 10.1. The van der Waals surface area contributed by atoms with Gasteiger partial charge in [-0.25, -0.2) is 9.97 Å². The second kappa shape index (κ2) is 6.72. The molecule has 1 amide bonds. The van der Waals surface area contributed by atoms with Crippen LogP contribution < -0.4 is 14.8 Å². The Kier molecular flexibility index (Phi) is 4.48. The van der Waals surface area contributed by atoms with E-state index in [4.69, 9.17) is 21.1 Å². The summed E-state index contributed by atoms with van der Waals surface area (Å²) in [5.74, 6) is 0.476. The van der Waals surface area contributed by atoms with Crippen LogP contribution in [-0.4, -0.2) is 30.1 Å². The number of benzene rings is 2. The van der Waals surface area contributed by atoms with E-state index in [9.17, 15) is 4.79 Å². The molecule has 0 bridgehead atoms. The first kappa shape index (κ1) is 16.0. The van der Waals surface area contributed by atoms with Crippen molar-refractivity contribution in [3.63, 3.8) is 0 Å². The molecule has 3 aromatic rings. The lowest BCUT2D eigenvalue weighted by Gasteiger charge is -2.13. The lowest BCUT2D eigenvalue weighted by molar-refractivity contribution is 0.102. The van der Waals surface area contributed by atoms with Crippen molar-refractivity contribution in [3.05, 3.63) is 53.4 Å². The number of carbonyl (C=O) groups is 1. The molecule has 1 N–H and O–H groups in total. The monoisotopic (exact) mass is 343 g/mol. The van der Waals surface area contributed by atoms with E-state index >= 15 is 0 Å². The molecule has 0 atom stereocenters. The van der Waals surface area contributed by atoms with Crippen molar-refractivity contribution >= 4 is 34.1 Å². The molecule has 0 aliphatic heterocycles. The largest absolute Gasteiger partial charge is 0.495 e. The van der Waals surface area contributed by atoms with Crippen molar-refractivity contribution in [2.75, 3.05) is 19.5 Å². The molecule has 7 heteroatoms. The summed E-state index contributed by atoms with van der Waals surface area (Å²) >= 11 is 6.07. The molecule has 122 valence electrons. The van der Waals surface area contributed by atoms with Gasteiger partial charge in [-0.3, -0.25) is 4.79 Å². The minimum Gasteiger partial charge on any atom is -0.495 e. The Hall–Kier alpha value is -2.86. The van der Waals surface area contributed by atoms with Crippen molar-refractivity contribution in [2.24, 2.45) is 0 Å². The molecule has 3 rings (SSSR count). The highest BCUT2D eigenvalue weighted by Crippen LogP contribution is 2.36. The molecule has 0 spiro atoms. The van der Waals surface area contributed by atoms with Crippen molar-refractivity contribution in [3.8, 4) is 11.5 Å². The van der Waals surface area contributed by atoms with E-state index in [-0.39, 0.29) is 11.6 Å². The first-order chi connectivity index (χ1) is 11.6. The average Bonchev–Trinajstić information content (AvgIpc) is 2.62. The minimum atomic E-state index is -0.378. The van der Waals surface area contributed by atoms with Crippen molar-refractivity contribution in [1.29, 1.82) is 0 Å². The Bertz CT molecular complexity index is 909. The Balaban J connectivity index is 2.00. The van der Waals surface area contributed by atoms with Crippen molar-refractivity contribution in [2.45, 2.75) is 0 Å². The predicted molar refractivity (Wildman–Crippen MR) is 92.0 cm³/mol. The maximum atomic E-state index is 12.7. The zero-order valence-corrected chi connectivity index (χ0v) is 13.8. The van der Waals surface area contributed by atoms with E-state index in [0.29, 0.717) is 33.1 Å². The molecule has 24 heavy (non-hydrogen) atoms. The molecular formula is C17H14ClN3O3.